The van der Waals surface area contributed by atoms with E-state index in [1.807, 2.05) is 61.0 Å². The first-order valence-electron chi connectivity index (χ1n) is 12.2. The number of aromatic nitrogens is 5. The van der Waals surface area contributed by atoms with Crippen molar-refractivity contribution >= 4 is 39.4 Å². The molecule has 2 aliphatic rings. The molecule has 3 aromatic heterocycles. The third-order valence-electron chi connectivity index (χ3n) is 6.85. The maximum atomic E-state index is 6.17. The fourth-order valence-electron chi connectivity index (χ4n) is 4.90. The second-order valence-electron chi connectivity index (χ2n) is 9.35. The second kappa shape index (κ2) is 8.59. The van der Waals surface area contributed by atoms with Crippen LogP contribution in [0.5, 0.6) is 17.2 Å². The van der Waals surface area contributed by atoms with E-state index in [0.29, 0.717) is 31.2 Å². The number of nitrogens with zero attached hydrogens (tertiary/aromatic N) is 6. The van der Waals surface area contributed by atoms with Crippen molar-refractivity contribution < 1.29 is 14.2 Å². The van der Waals surface area contributed by atoms with Crippen molar-refractivity contribution in [1.82, 2.24) is 24.5 Å². The van der Waals surface area contributed by atoms with Gasteiger partial charge in [0.15, 0.2) is 17.4 Å². The van der Waals surface area contributed by atoms with Crippen LogP contribution in [0.25, 0.3) is 22.1 Å². The van der Waals surface area contributed by atoms with Crippen LogP contribution < -0.4 is 19.7 Å². The number of pyridine rings is 1. The first-order chi connectivity index (χ1) is 18.1. The Morgan fingerprint density at radius 2 is 1.97 bits per heavy atom. The van der Waals surface area contributed by atoms with E-state index in [9.17, 15) is 0 Å². The molecule has 2 aromatic carbocycles. The van der Waals surface area contributed by atoms with Gasteiger partial charge >= 0.3 is 0 Å². The van der Waals surface area contributed by atoms with Crippen molar-refractivity contribution in [3.63, 3.8) is 0 Å². The first kappa shape index (κ1) is 21.8. The fourth-order valence-corrected chi connectivity index (χ4v) is 4.90. The molecular formula is C27H25N7O3. The fraction of sp³-hybridized carbons (Fsp3) is 0.259. The number of benzene rings is 2. The van der Waals surface area contributed by atoms with E-state index in [2.05, 4.69) is 25.2 Å². The van der Waals surface area contributed by atoms with Crippen molar-refractivity contribution in [3.8, 4) is 17.2 Å². The quantitative estimate of drug-likeness (QED) is 0.390. The van der Waals surface area contributed by atoms with Crippen LogP contribution in [0.2, 0.25) is 0 Å². The average molecular weight is 496 g/mol. The van der Waals surface area contributed by atoms with Crippen LogP contribution in [0.15, 0.2) is 55.1 Å². The van der Waals surface area contributed by atoms with Gasteiger partial charge in [-0.25, -0.2) is 19.9 Å². The second-order valence-corrected chi connectivity index (χ2v) is 9.35. The standard InChI is InChI=1S/C27H25N7O3/c1-16-9-17(3-6-23(16)37-19-4-5-22-20(10-19)30-15-33(22)2)31-26-25-21(28-14-29-26)11-24-27(32-25)34-7-8-35-12-18(34)13-36-24/h3-6,9-11,14-15,18H,7-8,12-13H2,1-2H3,(H,28,29,31)/t18-/m0/s1. The zero-order valence-corrected chi connectivity index (χ0v) is 20.5. The average Bonchev–Trinajstić information content (AvgIpc) is 3.29. The lowest BCUT2D eigenvalue weighted by atomic mass is 10.2. The van der Waals surface area contributed by atoms with E-state index in [1.54, 1.807) is 6.33 Å². The van der Waals surface area contributed by atoms with Gasteiger partial charge in [-0.1, -0.05) is 0 Å². The molecule has 1 saturated heterocycles. The van der Waals surface area contributed by atoms with Crippen molar-refractivity contribution in [2.75, 3.05) is 36.6 Å². The molecule has 1 N–H and O–H groups in total. The van der Waals surface area contributed by atoms with E-state index < -0.39 is 0 Å². The lowest BCUT2D eigenvalue weighted by Crippen LogP contribution is -2.51. The molecule has 0 radical (unpaired) electrons. The molecule has 0 unspecified atom stereocenters. The van der Waals surface area contributed by atoms with Crippen LogP contribution in [0.4, 0.5) is 17.3 Å². The molecule has 1 atom stereocenters. The number of aryl methyl sites for hydroxylation is 2. The smallest absolute Gasteiger partial charge is 0.172 e. The molecule has 2 aliphatic heterocycles. The molecule has 0 saturated carbocycles. The van der Waals surface area contributed by atoms with Gasteiger partial charge in [0, 0.05) is 31.4 Å². The van der Waals surface area contributed by atoms with Gasteiger partial charge in [0.25, 0.3) is 0 Å². The lowest BCUT2D eigenvalue weighted by Gasteiger charge is -2.40. The van der Waals surface area contributed by atoms with E-state index in [-0.39, 0.29) is 6.04 Å². The Balaban J connectivity index is 1.17. The summed E-state index contributed by atoms with van der Waals surface area (Å²) in [4.78, 5) is 20.6. The molecule has 10 nitrogen and oxygen atoms in total. The van der Waals surface area contributed by atoms with Crippen molar-refractivity contribution in [2.24, 2.45) is 7.05 Å². The van der Waals surface area contributed by atoms with Gasteiger partial charge in [-0.3, -0.25) is 0 Å². The summed E-state index contributed by atoms with van der Waals surface area (Å²) in [7, 11) is 1.98. The molecule has 10 heteroatoms. The summed E-state index contributed by atoms with van der Waals surface area (Å²) >= 11 is 0. The van der Waals surface area contributed by atoms with Gasteiger partial charge in [0.05, 0.1) is 42.1 Å². The van der Waals surface area contributed by atoms with Crippen molar-refractivity contribution in [2.45, 2.75) is 13.0 Å². The Kier molecular flexibility index (Phi) is 5.07. The summed E-state index contributed by atoms with van der Waals surface area (Å²) in [6, 6.07) is 14.0. The number of hydrogen-bond acceptors (Lipinski definition) is 9. The van der Waals surface area contributed by atoms with E-state index in [1.165, 1.54) is 6.33 Å². The van der Waals surface area contributed by atoms with Crippen LogP contribution in [0.1, 0.15) is 5.56 Å². The summed E-state index contributed by atoms with van der Waals surface area (Å²) < 4.78 is 19.8. The van der Waals surface area contributed by atoms with E-state index in [4.69, 9.17) is 19.2 Å². The number of hydrogen-bond donors (Lipinski definition) is 1. The monoisotopic (exact) mass is 495 g/mol. The molecule has 5 aromatic rings. The van der Waals surface area contributed by atoms with E-state index >= 15 is 0 Å². The lowest BCUT2D eigenvalue weighted by molar-refractivity contribution is 0.0698. The Hall–Kier alpha value is -4.44. The summed E-state index contributed by atoms with van der Waals surface area (Å²) in [5.74, 6) is 3.72. The Morgan fingerprint density at radius 1 is 1.03 bits per heavy atom. The highest BCUT2D eigenvalue weighted by molar-refractivity contribution is 5.90. The van der Waals surface area contributed by atoms with Gasteiger partial charge in [-0.2, -0.15) is 0 Å². The minimum atomic E-state index is 0.167. The van der Waals surface area contributed by atoms with Crippen LogP contribution in [0.3, 0.4) is 0 Å². The van der Waals surface area contributed by atoms with E-state index in [0.717, 1.165) is 57.4 Å². The molecule has 7 rings (SSSR count). The van der Waals surface area contributed by atoms with Gasteiger partial charge < -0.3 is 29.0 Å². The number of ether oxygens (including phenoxy) is 3. The third-order valence-corrected chi connectivity index (χ3v) is 6.85. The largest absolute Gasteiger partial charge is 0.487 e. The molecule has 0 spiro atoms. The highest BCUT2D eigenvalue weighted by atomic mass is 16.5. The number of anilines is 3. The summed E-state index contributed by atoms with van der Waals surface area (Å²) in [6.45, 7) is 4.70. The predicted molar refractivity (Wildman–Crippen MR) is 140 cm³/mol. The molecule has 0 bridgehead atoms. The summed E-state index contributed by atoms with van der Waals surface area (Å²) in [5.41, 5.74) is 5.24. The predicted octanol–water partition coefficient (Wildman–Crippen LogP) is 4.35. The SMILES string of the molecule is Cc1cc(Nc2ncnc3cc4c(nc23)N2CCOC[C@H]2CO4)ccc1Oc1ccc2c(c1)ncn2C. The van der Waals surface area contributed by atoms with Crippen LogP contribution in [-0.2, 0) is 11.8 Å². The summed E-state index contributed by atoms with van der Waals surface area (Å²) in [6.07, 6.45) is 3.34. The summed E-state index contributed by atoms with van der Waals surface area (Å²) in [5, 5.41) is 3.42. The zero-order chi connectivity index (χ0) is 24.9. The maximum Gasteiger partial charge on any atom is 0.172 e. The first-order valence-corrected chi connectivity index (χ1v) is 12.2. The molecule has 5 heterocycles. The third kappa shape index (κ3) is 3.86. The molecule has 186 valence electrons. The van der Waals surface area contributed by atoms with Crippen LogP contribution in [-0.4, -0.2) is 56.9 Å². The van der Waals surface area contributed by atoms with Crippen molar-refractivity contribution in [3.05, 3.63) is 60.7 Å². The molecule has 37 heavy (non-hydrogen) atoms. The highest BCUT2D eigenvalue weighted by Gasteiger charge is 2.32. The van der Waals surface area contributed by atoms with Gasteiger partial charge in [0.2, 0.25) is 0 Å². The number of morpholine rings is 1. The normalized spacial score (nSPS) is 16.8. The van der Waals surface area contributed by atoms with Gasteiger partial charge in [-0.15, -0.1) is 0 Å². The molecule has 0 amide bonds. The number of nitrogens with one attached hydrogen (secondary N) is 1. The molecule has 1 fully saturated rings. The molecular weight excluding hydrogens is 470 g/mol. The molecule has 0 aliphatic carbocycles. The maximum absolute atomic E-state index is 6.17. The number of rotatable bonds is 4. The van der Waals surface area contributed by atoms with Gasteiger partial charge in [0.1, 0.15) is 29.9 Å². The van der Waals surface area contributed by atoms with Crippen LogP contribution >= 0.6 is 0 Å². The minimum absolute atomic E-state index is 0.167. The topological polar surface area (TPSA) is 99.5 Å². The van der Waals surface area contributed by atoms with Crippen molar-refractivity contribution in [1.29, 1.82) is 0 Å². The Morgan fingerprint density at radius 3 is 2.89 bits per heavy atom. The Labute approximate surface area is 212 Å². The Bertz CT molecular complexity index is 1650. The van der Waals surface area contributed by atoms with Crippen LogP contribution in [0, 0.1) is 6.92 Å². The number of fused-ring (bicyclic) bond motifs is 5. The zero-order valence-electron chi connectivity index (χ0n) is 20.5. The number of imidazole rings is 1. The highest BCUT2D eigenvalue weighted by Crippen LogP contribution is 2.37. The minimum Gasteiger partial charge on any atom is -0.487 e. The van der Waals surface area contributed by atoms with Gasteiger partial charge in [-0.05, 0) is 42.8 Å².